The van der Waals surface area contributed by atoms with E-state index in [1.165, 1.54) is 0 Å². The minimum atomic E-state index is 0.906. The third-order valence-electron chi connectivity index (χ3n) is 0.507. The quantitative estimate of drug-likeness (QED) is 0.571. The van der Waals surface area contributed by atoms with Crippen LogP contribution in [0.25, 0.3) is 0 Å². The summed E-state index contributed by atoms with van der Waals surface area (Å²) in [4.78, 5) is 2.12. The van der Waals surface area contributed by atoms with E-state index in [-0.39, 0.29) is 0 Å². The monoisotopic (exact) mass is 293 g/mol. The zero-order valence-corrected chi connectivity index (χ0v) is 8.46. The summed E-state index contributed by atoms with van der Waals surface area (Å²) in [6.07, 6.45) is 0. The average molecular weight is 296 g/mol. The Bertz CT molecular complexity index is 31.7. The molecule has 0 aromatic carbocycles. The van der Waals surface area contributed by atoms with Crippen LogP contribution in [0.15, 0.2) is 0 Å². The molecule has 0 aliphatic rings. The summed E-state index contributed by atoms with van der Waals surface area (Å²) in [5.41, 5.74) is 2.72. The summed E-state index contributed by atoms with van der Waals surface area (Å²) in [6, 6.07) is 0. The van der Waals surface area contributed by atoms with Crippen molar-refractivity contribution in [3.05, 3.63) is 0 Å². The van der Waals surface area contributed by atoms with Crippen LogP contribution in [0.3, 0.4) is 0 Å². The minimum Gasteiger partial charge on any atom is -0.274 e. The third-order valence-corrected chi connectivity index (χ3v) is 2.63. The standard InChI is InChI=1S/C3H6Br3N/c4-1-7(2-5)3-6/h1-3H2. The van der Waals surface area contributed by atoms with E-state index in [0.717, 1.165) is 16.4 Å². The van der Waals surface area contributed by atoms with Crippen molar-refractivity contribution in [2.75, 3.05) is 16.4 Å². The van der Waals surface area contributed by atoms with Crippen molar-refractivity contribution < 1.29 is 0 Å². The van der Waals surface area contributed by atoms with Gasteiger partial charge >= 0.3 is 0 Å². The van der Waals surface area contributed by atoms with Crippen LogP contribution in [-0.2, 0) is 0 Å². The summed E-state index contributed by atoms with van der Waals surface area (Å²) < 4.78 is 0. The molecule has 0 N–H and O–H groups in total. The fourth-order valence-electron chi connectivity index (χ4n) is 0.0958. The number of halogens is 3. The second-order valence-corrected chi connectivity index (χ2v) is 2.53. The predicted octanol–water partition coefficient (Wildman–Crippen LogP) is 2.35. The summed E-state index contributed by atoms with van der Waals surface area (Å²) >= 11 is 9.91. The summed E-state index contributed by atoms with van der Waals surface area (Å²) in [5.74, 6) is 0. The lowest BCUT2D eigenvalue weighted by molar-refractivity contribution is 0.461. The molecule has 0 aromatic heterocycles. The van der Waals surface area contributed by atoms with Crippen LogP contribution in [0.1, 0.15) is 0 Å². The molecule has 0 atom stereocenters. The van der Waals surface area contributed by atoms with Gasteiger partial charge in [-0.15, -0.1) is 0 Å². The van der Waals surface area contributed by atoms with Gasteiger partial charge in [-0.05, 0) is 0 Å². The summed E-state index contributed by atoms with van der Waals surface area (Å²) in [6.45, 7) is 0. The molecule has 0 amide bonds. The second-order valence-electron chi connectivity index (χ2n) is 1.03. The van der Waals surface area contributed by atoms with Gasteiger partial charge in [0.15, 0.2) is 0 Å². The summed E-state index contributed by atoms with van der Waals surface area (Å²) in [5, 5.41) is 0. The van der Waals surface area contributed by atoms with Gasteiger partial charge in [0, 0.05) is 0 Å². The van der Waals surface area contributed by atoms with Gasteiger partial charge < -0.3 is 0 Å². The lowest BCUT2D eigenvalue weighted by atomic mass is 11.0. The van der Waals surface area contributed by atoms with Crippen LogP contribution < -0.4 is 0 Å². The zero-order chi connectivity index (χ0) is 5.70. The highest BCUT2D eigenvalue weighted by molar-refractivity contribution is 9.10. The van der Waals surface area contributed by atoms with Gasteiger partial charge in [-0.3, -0.25) is 4.90 Å². The molecule has 44 valence electrons. The Morgan fingerprint density at radius 2 is 1.14 bits per heavy atom. The molecular weight excluding hydrogens is 290 g/mol. The molecule has 0 aliphatic heterocycles. The van der Waals surface area contributed by atoms with Crippen molar-refractivity contribution in [2.45, 2.75) is 0 Å². The van der Waals surface area contributed by atoms with Crippen molar-refractivity contribution in [1.82, 2.24) is 4.90 Å². The predicted molar refractivity (Wildman–Crippen MR) is 43.2 cm³/mol. The SMILES string of the molecule is BrCN(CBr)CBr. The lowest BCUT2D eigenvalue weighted by Gasteiger charge is -2.09. The van der Waals surface area contributed by atoms with E-state index >= 15 is 0 Å². The molecule has 0 fully saturated rings. The molecule has 4 heteroatoms. The zero-order valence-electron chi connectivity index (χ0n) is 3.70. The molecule has 0 saturated heterocycles. The van der Waals surface area contributed by atoms with Gasteiger partial charge in [-0.25, -0.2) is 0 Å². The Labute approximate surface area is 68.8 Å². The fraction of sp³-hybridized carbons (Fsp3) is 1.00. The van der Waals surface area contributed by atoms with Gasteiger partial charge in [0.2, 0.25) is 0 Å². The Kier molecular flexibility index (Phi) is 6.64. The molecule has 0 spiro atoms. The molecular formula is C3H6Br3N. The van der Waals surface area contributed by atoms with Gasteiger partial charge in [-0.2, -0.15) is 0 Å². The van der Waals surface area contributed by atoms with Gasteiger partial charge in [-0.1, -0.05) is 47.8 Å². The van der Waals surface area contributed by atoms with Gasteiger partial charge in [0.1, 0.15) is 0 Å². The van der Waals surface area contributed by atoms with E-state index in [4.69, 9.17) is 0 Å². The number of rotatable bonds is 3. The highest BCUT2D eigenvalue weighted by Gasteiger charge is 1.93. The topological polar surface area (TPSA) is 3.24 Å². The van der Waals surface area contributed by atoms with Gasteiger partial charge in [0.25, 0.3) is 0 Å². The Morgan fingerprint density at radius 3 is 1.14 bits per heavy atom. The number of hydrogen-bond acceptors (Lipinski definition) is 1. The molecule has 0 radical (unpaired) electrons. The van der Waals surface area contributed by atoms with Crippen molar-refractivity contribution in [1.29, 1.82) is 0 Å². The first-order valence-electron chi connectivity index (χ1n) is 1.75. The highest BCUT2D eigenvalue weighted by atomic mass is 79.9. The Balaban J connectivity index is 2.99. The van der Waals surface area contributed by atoms with Crippen LogP contribution in [0.4, 0.5) is 0 Å². The summed E-state index contributed by atoms with van der Waals surface area (Å²) in [7, 11) is 0. The first-order chi connectivity index (χ1) is 3.35. The molecule has 0 aromatic rings. The van der Waals surface area contributed by atoms with Crippen molar-refractivity contribution in [2.24, 2.45) is 0 Å². The van der Waals surface area contributed by atoms with Crippen molar-refractivity contribution in [3.8, 4) is 0 Å². The van der Waals surface area contributed by atoms with E-state index < -0.39 is 0 Å². The van der Waals surface area contributed by atoms with Crippen molar-refractivity contribution in [3.63, 3.8) is 0 Å². The van der Waals surface area contributed by atoms with E-state index in [1.807, 2.05) is 0 Å². The van der Waals surface area contributed by atoms with Crippen molar-refractivity contribution >= 4 is 47.8 Å². The Hall–Kier alpha value is 1.40. The molecule has 0 aliphatic carbocycles. The van der Waals surface area contributed by atoms with Gasteiger partial charge in [0.05, 0.1) is 16.4 Å². The maximum absolute atomic E-state index is 3.30. The number of nitrogens with zero attached hydrogens (tertiary/aromatic N) is 1. The van der Waals surface area contributed by atoms with E-state index in [0.29, 0.717) is 0 Å². The van der Waals surface area contributed by atoms with Crippen LogP contribution in [0.2, 0.25) is 0 Å². The first kappa shape index (κ1) is 8.40. The number of alkyl halides is 3. The molecule has 0 heterocycles. The highest BCUT2D eigenvalue weighted by Crippen LogP contribution is 1.99. The van der Waals surface area contributed by atoms with E-state index in [2.05, 4.69) is 52.7 Å². The van der Waals surface area contributed by atoms with Crippen LogP contribution in [0, 0.1) is 0 Å². The largest absolute Gasteiger partial charge is 0.274 e. The Morgan fingerprint density at radius 1 is 0.857 bits per heavy atom. The minimum absolute atomic E-state index is 0.906. The van der Waals surface area contributed by atoms with Crippen LogP contribution in [0.5, 0.6) is 0 Å². The lowest BCUT2D eigenvalue weighted by Crippen LogP contribution is -2.16. The van der Waals surface area contributed by atoms with E-state index in [9.17, 15) is 0 Å². The molecule has 0 rings (SSSR count). The van der Waals surface area contributed by atoms with Crippen LogP contribution in [-0.4, -0.2) is 21.3 Å². The maximum atomic E-state index is 3.30. The molecule has 1 nitrogen and oxygen atoms in total. The maximum Gasteiger partial charge on any atom is 0.0558 e. The first-order valence-corrected chi connectivity index (χ1v) is 5.11. The molecule has 0 bridgehead atoms. The number of hydrogen-bond donors (Lipinski definition) is 0. The fourth-order valence-corrected chi connectivity index (χ4v) is 2.59. The molecule has 0 saturated carbocycles. The third kappa shape index (κ3) is 3.94. The molecule has 7 heavy (non-hydrogen) atoms. The van der Waals surface area contributed by atoms with E-state index in [1.54, 1.807) is 0 Å². The smallest absolute Gasteiger partial charge is 0.0558 e. The molecule has 0 unspecified atom stereocenters. The average Bonchev–Trinajstić information content (AvgIpc) is 1.72. The second kappa shape index (κ2) is 5.54. The van der Waals surface area contributed by atoms with Crippen LogP contribution >= 0.6 is 47.8 Å². The normalized spacial score (nSPS) is 10.3.